The van der Waals surface area contributed by atoms with E-state index in [4.69, 9.17) is 5.73 Å². The van der Waals surface area contributed by atoms with Gasteiger partial charge >= 0.3 is 11.5 Å². The lowest BCUT2D eigenvalue weighted by Gasteiger charge is -2.31. The molecule has 1 saturated carbocycles. The molecular formula is C20H19F3N4O2S. The first-order chi connectivity index (χ1) is 14.2. The SMILES string of the molecule is Nc1cc(CN2C(=O)N(c3ccc(SC(F)(F)F)cc3)C(=O)C23CCCC3)ccn1. The molecule has 1 spiro atoms. The number of carbonyl (C=O) groups is 2. The first-order valence-corrected chi connectivity index (χ1v) is 10.2. The maximum Gasteiger partial charge on any atom is 0.446 e. The number of nitrogen functional groups attached to an aromatic ring is 1. The molecule has 2 N–H and O–H groups in total. The predicted octanol–water partition coefficient (Wildman–Crippen LogP) is 4.56. The van der Waals surface area contributed by atoms with Crippen molar-refractivity contribution in [3.05, 3.63) is 48.2 Å². The minimum atomic E-state index is -4.40. The topological polar surface area (TPSA) is 79.5 Å². The summed E-state index contributed by atoms with van der Waals surface area (Å²) < 4.78 is 37.7. The number of hydrogen-bond acceptors (Lipinski definition) is 5. The smallest absolute Gasteiger partial charge is 0.384 e. The Kier molecular flexibility index (Phi) is 5.13. The average Bonchev–Trinajstić information content (AvgIpc) is 3.23. The molecule has 0 unspecified atom stereocenters. The second kappa shape index (κ2) is 7.50. The van der Waals surface area contributed by atoms with Crippen molar-refractivity contribution in [3.63, 3.8) is 0 Å². The molecule has 4 rings (SSSR count). The van der Waals surface area contributed by atoms with Gasteiger partial charge in [0.15, 0.2) is 0 Å². The number of nitrogens with two attached hydrogens (primary N) is 1. The summed E-state index contributed by atoms with van der Waals surface area (Å²) in [5.74, 6) is -0.0104. The maximum atomic E-state index is 13.4. The zero-order chi connectivity index (χ0) is 21.5. The molecule has 6 nitrogen and oxygen atoms in total. The molecule has 1 aliphatic heterocycles. The molecule has 2 heterocycles. The normalized spacial score (nSPS) is 18.6. The highest BCUT2D eigenvalue weighted by Crippen LogP contribution is 2.44. The number of nitrogens with zero attached hydrogens (tertiary/aromatic N) is 3. The first-order valence-electron chi connectivity index (χ1n) is 9.42. The van der Waals surface area contributed by atoms with Crippen LogP contribution in [0.15, 0.2) is 47.5 Å². The monoisotopic (exact) mass is 436 g/mol. The van der Waals surface area contributed by atoms with Crippen LogP contribution in [0.5, 0.6) is 0 Å². The molecule has 10 heteroatoms. The van der Waals surface area contributed by atoms with Gasteiger partial charge in [-0.15, -0.1) is 0 Å². The highest BCUT2D eigenvalue weighted by molar-refractivity contribution is 8.00. The van der Waals surface area contributed by atoms with Crippen LogP contribution < -0.4 is 10.6 Å². The fourth-order valence-electron chi connectivity index (χ4n) is 4.18. The van der Waals surface area contributed by atoms with Crippen molar-refractivity contribution in [3.8, 4) is 0 Å². The highest BCUT2D eigenvalue weighted by Gasteiger charge is 2.58. The number of thioether (sulfide) groups is 1. The summed E-state index contributed by atoms with van der Waals surface area (Å²) in [6.45, 7) is 0.204. The Balaban J connectivity index is 1.65. The molecule has 0 radical (unpaired) electrons. The molecule has 1 saturated heterocycles. The van der Waals surface area contributed by atoms with E-state index in [9.17, 15) is 22.8 Å². The van der Waals surface area contributed by atoms with Crippen molar-refractivity contribution in [1.82, 2.24) is 9.88 Å². The van der Waals surface area contributed by atoms with E-state index in [1.165, 1.54) is 24.3 Å². The van der Waals surface area contributed by atoms with Gasteiger partial charge in [0, 0.05) is 17.6 Å². The van der Waals surface area contributed by atoms with Crippen molar-refractivity contribution >= 4 is 35.2 Å². The molecule has 0 atom stereocenters. The summed E-state index contributed by atoms with van der Waals surface area (Å²) in [6.07, 6.45) is 4.29. The van der Waals surface area contributed by atoms with E-state index < -0.39 is 17.1 Å². The van der Waals surface area contributed by atoms with E-state index in [2.05, 4.69) is 4.98 Å². The summed E-state index contributed by atoms with van der Waals surface area (Å²) in [7, 11) is 0. The van der Waals surface area contributed by atoms with Crippen molar-refractivity contribution in [2.24, 2.45) is 0 Å². The molecular weight excluding hydrogens is 417 g/mol. The van der Waals surface area contributed by atoms with Gasteiger partial charge in [-0.2, -0.15) is 13.2 Å². The van der Waals surface area contributed by atoms with Gasteiger partial charge in [0.25, 0.3) is 5.91 Å². The van der Waals surface area contributed by atoms with Crippen LogP contribution >= 0.6 is 11.8 Å². The number of hydrogen-bond donors (Lipinski definition) is 1. The number of benzene rings is 1. The second-order valence-corrected chi connectivity index (χ2v) is 8.52. The number of halogens is 3. The number of rotatable bonds is 4. The van der Waals surface area contributed by atoms with E-state index in [1.54, 1.807) is 23.2 Å². The average molecular weight is 436 g/mol. The van der Waals surface area contributed by atoms with Crippen LogP contribution in [-0.2, 0) is 11.3 Å². The minimum Gasteiger partial charge on any atom is -0.384 e. The Hall–Kier alpha value is -2.75. The molecule has 2 aromatic rings. The first kappa shape index (κ1) is 20.5. The molecule has 1 aliphatic carbocycles. The minimum absolute atomic E-state index is 0.00922. The number of carbonyl (C=O) groups excluding carboxylic acids is 2. The summed E-state index contributed by atoms with van der Waals surface area (Å²) in [5.41, 5.74) is 1.42. The lowest BCUT2D eigenvalue weighted by atomic mass is 9.95. The van der Waals surface area contributed by atoms with Crippen LogP contribution in [-0.4, -0.2) is 32.9 Å². The third kappa shape index (κ3) is 3.71. The fourth-order valence-corrected chi connectivity index (χ4v) is 4.72. The quantitative estimate of drug-likeness (QED) is 0.562. The van der Waals surface area contributed by atoms with Crippen molar-refractivity contribution in [2.45, 2.75) is 48.2 Å². The van der Waals surface area contributed by atoms with Crippen LogP contribution in [0, 0.1) is 0 Å². The fraction of sp³-hybridized carbons (Fsp3) is 0.350. The van der Waals surface area contributed by atoms with E-state index >= 15 is 0 Å². The van der Waals surface area contributed by atoms with Crippen molar-refractivity contribution < 1.29 is 22.8 Å². The Morgan fingerprint density at radius 3 is 2.37 bits per heavy atom. The number of urea groups is 1. The maximum absolute atomic E-state index is 13.4. The number of aromatic nitrogens is 1. The Morgan fingerprint density at radius 1 is 1.10 bits per heavy atom. The zero-order valence-corrected chi connectivity index (χ0v) is 16.7. The van der Waals surface area contributed by atoms with Crippen LogP contribution in [0.25, 0.3) is 0 Å². The number of alkyl halides is 3. The standard InChI is InChI=1S/C20H19F3N4O2S/c21-20(22,23)30-15-5-3-14(4-6-15)27-17(28)19(8-1-2-9-19)26(18(27)29)12-13-7-10-25-16(24)11-13/h3-7,10-11H,1-2,8-9,12H2,(H2,24,25). The molecule has 30 heavy (non-hydrogen) atoms. The Morgan fingerprint density at radius 2 is 1.77 bits per heavy atom. The van der Waals surface area contributed by atoms with Gasteiger partial charge in [0.05, 0.1) is 5.69 Å². The lowest BCUT2D eigenvalue weighted by molar-refractivity contribution is -0.124. The van der Waals surface area contributed by atoms with Crippen LogP contribution in [0.3, 0.4) is 0 Å². The second-order valence-electron chi connectivity index (χ2n) is 7.38. The summed E-state index contributed by atoms with van der Waals surface area (Å²) in [5, 5.41) is 0. The van der Waals surface area contributed by atoms with Gasteiger partial charge in [-0.1, -0.05) is 12.8 Å². The molecule has 0 bridgehead atoms. The van der Waals surface area contributed by atoms with Gasteiger partial charge in [-0.05, 0) is 66.6 Å². The summed E-state index contributed by atoms with van der Waals surface area (Å²) >= 11 is -0.241. The highest BCUT2D eigenvalue weighted by atomic mass is 32.2. The zero-order valence-electron chi connectivity index (χ0n) is 15.9. The largest absolute Gasteiger partial charge is 0.446 e. The molecule has 3 amide bonds. The molecule has 2 fully saturated rings. The number of amides is 3. The van der Waals surface area contributed by atoms with E-state index in [-0.39, 0.29) is 34.8 Å². The van der Waals surface area contributed by atoms with Crippen molar-refractivity contribution in [2.75, 3.05) is 10.6 Å². The lowest BCUT2D eigenvalue weighted by Crippen LogP contribution is -2.47. The third-order valence-electron chi connectivity index (χ3n) is 5.49. The molecule has 158 valence electrons. The van der Waals surface area contributed by atoms with E-state index in [0.717, 1.165) is 23.3 Å². The summed E-state index contributed by atoms with van der Waals surface area (Å²) in [4.78, 5) is 33.2. The summed E-state index contributed by atoms with van der Waals surface area (Å²) in [6, 6.07) is 8.20. The molecule has 1 aromatic heterocycles. The van der Waals surface area contributed by atoms with E-state index in [1.807, 2.05) is 0 Å². The van der Waals surface area contributed by atoms with E-state index in [0.29, 0.717) is 18.7 Å². The number of imide groups is 1. The number of pyridine rings is 1. The van der Waals surface area contributed by atoms with Crippen molar-refractivity contribution in [1.29, 1.82) is 0 Å². The van der Waals surface area contributed by atoms with Gasteiger partial charge in [-0.25, -0.2) is 14.7 Å². The van der Waals surface area contributed by atoms with Crippen LogP contribution in [0.4, 0.5) is 29.5 Å². The molecule has 1 aromatic carbocycles. The Labute approximate surface area is 175 Å². The Bertz CT molecular complexity index is 975. The van der Waals surface area contributed by atoms with Gasteiger partial charge in [0.1, 0.15) is 11.4 Å². The van der Waals surface area contributed by atoms with Gasteiger partial charge in [-0.3, -0.25) is 4.79 Å². The van der Waals surface area contributed by atoms with Gasteiger partial charge in [0.2, 0.25) is 0 Å². The predicted molar refractivity (Wildman–Crippen MR) is 107 cm³/mol. The molecule has 2 aliphatic rings. The third-order valence-corrected chi connectivity index (χ3v) is 6.22. The van der Waals surface area contributed by atoms with Crippen LogP contribution in [0.1, 0.15) is 31.2 Å². The van der Waals surface area contributed by atoms with Crippen LogP contribution in [0.2, 0.25) is 0 Å². The van der Waals surface area contributed by atoms with Gasteiger partial charge < -0.3 is 10.6 Å². The number of anilines is 2.